The molecule has 1 N–H and O–H groups in total. The number of benzene rings is 1. The van der Waals surface area contributed by atoms with Gasteiger partial charge in [0.25, 0.3) is 5.69 Å². The van der Waals surface area contributed by atoms with Crippen LogP contribution < -0.4 is 0 Å². The predicted molar refractivity (Wildman–Crippen MR) is 78.6 cm³/mol. The van der Waals surface area contributed by atoms with Crippen LogP contribution in [0.3, 0.4) is 0 Å². The van der Waals surface area contributed by atoms with Crippen molar-refractivity contribution in [1.29, 1.82) is 0 Å². The molecule has 6 heteroatoms. The molecule has 0 bridgehead atoms. The third kappa shape index (κ3) is 4.11. The predicted octanol–water partition coefficient (Wildman–Crippen LogP) is 2.90. The lowest BCUT2D eigenvalue weighted by atomic mass is 9.82. The number of para-hydroxylation sites is 1. The Kier molecular flexibility index (Phi) is 5.03. The first-order chi connectivity index (χ1) is 10.1. The smallest absolute Gasteiger partial charge is 0.306 e. The van der Waals surface area contributed by atoms with Crippen LogP contribution in [0.15, 0.2) is 29.3 Å². The Labute approximate surface area is 122 Å². The molecule has 0 heterocycles. The summed E-state index contributed by atoms with van der Waals surface area (Å²) in [7, 11) is 0. The summed E-state index contributed by atoms with van der Waals surface area (Å²) in [4.78, 5) is 25.6. The lowest BCUT2D eigenvalue weighted by Gasteiger charge is -2.24. The van der Waals surface area contributed by atoms with Gasteiger partial charge in [-0.15, -0.1) is 0 Å². The van der Waals surface area contributed by atoms with Gasteiger partial charge in [0, 0.05) is 18.8 Å². The molecule has 0 spiro atoms. The molecule has 1 aliphatic carbocycles. The molecule has 0 aromatic heterocycles. The lowest BCUT2D eigenvalue weighted by molar-refractivity contribution is -0.385. The summed E-state index contributed by atoms with van der Waals surface area (Å²) in [5, 5.41) is 19.8. The zero-order valence-electron chi connectivity index (χ0n) is 11.6. The van der Waals surface area contributed by atoms with E-state index < -0.39 is 10.9 Å². The second-order valence-corrected chi connectivity index (χ2v) is 5.37. The van der Waals surface area contributed by atoms with Crippen molar-refractivity contribution < 1.29 is 14.8 Å². The van der Waals surface area contributed by atoms with Crippen LogP contribution in [-0.2, 0) is 4.79 Å². The largest absolute Gasteiger partial charge is 0.481 e. The van der Waals surface area contributed by atoms with E-state index in [9.17, 15) is 14.9 Å². The number of rotatable bonds is 5. The molecule has 2 rings (SSSR count). The molecule has 1 aliphatic rings. The molecule has 1 fully saturated rings. The summed E-state index contributed by atoms with van der Waals surface area (Å²) in [5.41, 5.74) is 0.553. The standard InChI is InChI=1S/C15H18N2O4/c18-15(19)12-7-5-11(6-8-12)9-16-10-13-3-1-2-4-14(13)17(20)21/h1-4,10-12H,5-9H2,(H,18,19). The van der Waals surface area contributed by atoms with Crippen molar-refractivity contribution >= 4 is 17.9 Å². The van der Waals surface area contributed by atoms with E-state index in [2.05, 4.69) is 4.99 Å². The minimum absolute atomic E-state index is 0.0517. The van der Waals surface area contributed by atoms with Gasteiger partial charge in [-0.3, -0.25) is 19.9 Å². The Balaban J connectivity index is 1.89. The molecule has 0 aliphatic heterocycles. The highest BCUT2D eigenvalue weighted by Gasteiger charge is 2.25. The third-order valence-corrected chi connectivity index (χ3v) is 3.92. The van der Waals surface area contributed by atoms with Gasteiger partial charge in [-0.1, -0.05) is 12.1 Å². The van der Waals surface area contributed by atoms with Crippen LogP contribution in [0.5, 0.6) is 0 Å². The summed E-state index contributed by atoms with van der Waals surface area (Å²) in [5.74, 6) is -0.558. The summed E-state index contributed by atoms with van der Waals surface area (Å²) < 4.78 is 0. The number of carboxylic acids is 1. The van der Waals surface area contributed by atoms with Crippen LogP contribution in [0.1, 0.15) is 31.2 Å². The lowest BCUT2D eigenvalue weighted by Crippen LogP contribution is -2.22. The Bertz CT molecular complexity index is 548. The van der Waals surface area contributed by atoms with E-state index in [0.29, 0.717) is 30.9 Å². The Hall–Kier alpha value is -2.24. The highest BCUT2D eigenvalue weighted by atomic mass is 16.6. The number of aliphatic carboxylic acids is 1. The average Bonchev–Trinajstić information content (AvgIpc) is 2.48. The van der Waals surface area contributed by atoms with E-state index in [4.69, 9.17) is 5.11 Å². The maximum absolute atomic E-state index is 10.9. The molecule has 0 atom stereocenters. The monoisotopic (exact) mass is 290 g/mol. The Morgan fingerprint density at radius 3 is 2.62 bits per heavy atom. The molecular weight excluding hydrogens is 272 g/mol. The zero-order valence-corrected chi connectivity index (χ0v) is 11.6. The van der Waals surface area contributed by atoms with Crippen molar-refractivity contribution in [2.24, 2.45) is 16.8 Å². The van der Waals surface area contributed by atoms with Crippen molar-refractivity contribution in [3.8, 4) is 0 Å². The van der Waals surface area contributed by atoms with E-state index in [-0.39, 0.29) is 11.6 Å². The molecular formula is C15H18N2O4. The Morgan fingerprint density at radius 2 is 2.00 bits per heavy atom. The number of carbonyl (C=O) groups is 1. The molecule has 112 valence electrons. The highest BCUT2D eigenvalue weighted by molar-refractivity contribution is 5.85. The molecule has 0 radical (unpaired) electrons. The van der Waals surface area contributed by atoms with Crippen molar-refractivity contribution in [3.05, 3.63) is 39.9 Å². The van der Waals surface area contributed by atoms with E-state index >= 15 is 0 Å². The van der Waals surface area contributed by atoms with Crippen LogP contribution >= 0.6 is 0 Å². The average molecular weight is 290 g/mol. The van der Waals surface area contributed by atoms with Gasteiger partial charge in [0.2, 0.25) is 0 Å². The summed E-state index contributed by atoms with van der Waals surface area (Å²) in [6.45, 7) is 0.596. The normalized spacial score (nSPS) is 22.3. The minimum atomic E-state index is -0.711. The van der Waals surface area contributed by atoms with Crippen molar-refractivity contribution in [1.82, 2.24) is 0 Å². The van der Waals surface area contributed by atoms with E-state index in [1.165, 1.54) is 6.07 Å². The molecule has 0 unspecified atom stereocenters. The topological polar surface area (TPSA) is 92.8 Å². The number of hydrogen-bond donors (Lipinski definition) is 1. The molecule has 1 aromatic rings. The SMILES string of the molecule is O=C(O)C1CCC(CN=Cc2ccccc2[N+](=O)[O-])CC1. The number of nitro benzene ring substituents is 1. The molecule has 21 heavy (non-hydrogen) atoms. The highest BCUT2D eigenvalue weighted by Crippen LogP contribution is 2.29. The van der Waals surface area contributed by atoms with E-state index in [0.717, 1.165) is 12.8 Å². The third-order valence-electron chi connectivity index (χ3n) is 3.92. The number of nitrogens with zero attached hydrogens (tertiary/aromatic N) is 2. The van der Waals surface area contributed by atoms with Crippen LogP contribution in [0.25, 0.3) is 0 Å². The van der Waals surface area contributed by atoms with Gasteiger partial charge in [0.1, 0.15) is 0 Å². The van der Waals surface area contributed by atoms with Crippen molar-refractivity contribution in [3.63, 3.8) is 0 Å². The second kappa shape index (κ2) is 6.97. The molecule has 1 saturated carbocycles. The quantitative estimate of drug-likeness (QED) is 0.512. The summed E-state index contributed by atoms with van der Waals surface area (Å²) in [6.07, 6.45) is 4.64. The number of aliphatic imine (C=N–C) groups is 1. The van der Waals surface area contributed by atoms with Crippen LogP contribution in [0, 0.1) is 22.0 Å². The van der Waals surface area contributed by atoms with E-state index in [1.807, 2.05) is 0 Å². The second-order valence-electron chi connectivity index (χ2n) is 5.37. The molecule has 1 aromatic carbocycles. The van der Waals surface area contributed by atoms with Gasteiger partial charge < -0.3 is 5.11 Å². The summed E-state index contributed by atoms with van der Waals surface area (Å²) in [6, 6.07) is 6.50. The van der Waals surface area contributed by atoms with Gasteiger partial charge >= 0.3 is 5.97 Å². The number of hydrogen-bond acceptors (Lipinski definition) is 4. The zero-order chi connectivity index (χ0) is 15.2. The minimum Gasteiger partial charge on any atom is -0.481 e. The fourth-order valence-corrected chi connectivity index (χ4v) is 2.66. The number of nitro groups is 1. The van der Waals surface area contributed by atoms with Gasteiger partial charge in [-0.25, -0.2) is 0 Å². The van der Waals surface area contributed by atoms with Crippen LogP contribution in [0.4, 0.5) is 5.69 Å². The first-order valence-electron chi connectivity index (χ1n) is 7.04. The van der Waals surface area contributed by atoms with Crippen molar-refractivity contribution in [2.75, 3.05) is 6.54 Å². The van der Waals surface area contributed by atoms with Gasteiger partial charge in [-0.05, 0) is 37.7 Å². The van der Waals surface area contributed by atoms with Gasteiger partial charge in [0.15, 0.2) is 0 Å². The molecule has 0 saturated heterocycles. The maximum atomic E-state index is 10.9. The van der Waals surface area contributed by atoms with Gasteiger partial charge in [-0.2, -0.15) is 0 Å². The fraction of sp³-hybridized carbons (Fsp3) is 0.467. The van der Waals surface area contributed by atoms with Gasteiger partial charge in [0.05, 0.1) is 16.4 Å². The summed E-state index contributed by atoms with van der Waals surface area (Å²) >= 11 is 0. The van der Waals surface area contributed by atoms with Crippen molar-refractivity contribution in [2.45, 2.75) is 25.7 Å². The maximum Gasteiger partial charge on any atom is 0.306 e. The Morgan fingerprint density at radius 1 is 1.33 bits per heavy atom. The first kappa shape index (κ1) is 15.2. The van der Waals surface area contributed by atoms with Crippen LogP contribution in [0.2, 0.25) is 0 Å². The first-order valence-corrected chi connectivity index (χ1v) is 7.04. The van der Waals surface area contributed by atoms with Crippen LogP contribution in [-0.4, -0.2) is 28.8 Å². The number of carboxylic acid groups (broad SMARTS) is 1. The van der Waals surface area contributed by atoms with E-state index in [1.54, 1.807) is 24.4 Å². The molecule has 6 nitrogen and oxygen atoms in total. The fourth-order valence-electron chi connectivity index (χ4n) is 2.66. The molecule has 0 amide bonds.